The Hall–Kier alpha value is -4.54. The van der Waals surface area contributed by atoms with Crippen molar-refractivity contribution >= 4 is 22.9 Å². The highest BCUT2D eigenvalue weighted by Crippen LogP contribution is 2.47. The third-order valence-electron chi connectivity index (χ3n) is 8.60. The molecule has 6 rings (SSSR count). The van der Waals surface area contributed by atoms with E-state index in [4.69, 9.17) is 9.72 Å². The number of phenolic OH excluding ortho intramolecular Hbond substituents is 1. The van der Waals surface area contributed by atoms with Crippen molar-refractivity contribution in [3.63, 3.8) is 0 Å². The van der Waals surface area contributed by atoms with Crippen molar-refractivity contribution < 1.29 is 19.0 Å². The van der Waals surface area contributed by atoms with Crippen LogP contribution < -0.4 is 10.6 Å². The quantitative estimate of drug-likeness (QED) is 0.269. The van der Waals surface area contributed by atoms with Crippen LogP contribution in [0.2, 0.25) is 0 Å². The minimum atomic E-state index is -0.617. The maximum absolute atomic E-state index is 15.4. The highest BCUT2D eigenvalue weighted by atomic mass is 19.1. The number of benzene rings is 1. The number of rotatable bonds is 5. The number of nitrogens with zero attached hydrogens (tertiary/aromatic N) is 6. The number of hydrogen-bond donors (Lipinski definition) is 1. The molecule has 10 nitrogen and oxygen atoms in total. The number of aromatic hydroxyl groups is 1. The summed E-state index contributed by atoms with van der Waals surface area (Å²) in [4.78, 5) is 45.2. The van der Waals surface area contributed by atoms with Crippen LogP contribution in [0.5, 0.6) is 5.75 Å². The predicted molar refractivity (Wildman–Crippen MR) is 175 cm³/mol. The van der Waals surface area contributed by atoms with Gasteiger partial charge in [-0.25, -0.2) is 23.5 Å². The van der Waals surface area contributed by atoms with E-state index in [2.05, 4.69) is 9.97 Å². The molecule has 0 radical (unpaired) electrons. The normalized spacial score (nSPS) is 17.2. The Labute approximate surface area is 267 Å². The molecule has 3 aromatic heterocycles. The number of anilines is 1. The maximum Gasteiger partial charge on any atom is 0.410 e. The summed E-state index contributed by atoms with van der Waals surface area (Å²) < 4.78 is 22.5. The van der Waals surface area contributed by atoms with Crippen LogP contribution in [0.1, 0.15) is 83.0 Å². The number of phenols is 1. The number of amides is 1. The number of halogens is 1. The summed E-state index contributed by atoms with van der Waals surface area (Å²) >= 11 is 0. The molecule has 1 aliphatic heterocycles. The van der Waals surface area contributed by atoms with Gasteiger partial charge >= 0.3 is 11.8 Å². The number of aryl methyl sites for hydroxylation is 1. The summed E-state index contributed by atoms with van der Waals surface area (Å²) in [6, 6.07) is 7.81. The summed E-state index contributed by atoms with van der Waals surface area (Å²) in [5.74, 6) is -0.238. The van der Waals surface area contributed by atoms with E-state index >= 15 is 4.39 Å². The van der Waals surface area contributed by atoms with Crippen molar-refractivity contribution in [3.05, 3.63) is 69.7 Å². The lowest BCUT2D eigenvalue weighted by Gasteiger charge is -2.41. The molecule has 1 saturated carbocycles. The van der Waals surface area contributed by atoms with Crippen LogP contribution in [0.25, 0.3) is 28.0 Å². The highest BCUT2D eigenvalue weighted by Gasteiger charge is 2.35. The first kappa shape index (κ1) is 31.4. The minimum Gasteiger partial charge on any atom is -0.507 e. The van der Waals surface area contributed by atoms with Crippen LogP contribution in [0, 0.1) is 12.7 Å². The summed E-state index contributed by atoms with van der Waals surface area (Å²) in [5, 5.41) is 11.5. The molecular formula is C35H41FN6O4. The van der Waals surface area contributed by atoms with E-state index in [0.717, 1.165) is 24.0 Å². The van der Waals surface area contributed by atoms with E-state index in [1.54, 1.807) is 11.1 Å². The minimum absolute atomic E-state index is 0.00926. The van der Waals surface area contributed by atoms with Gasteiger partial charge in [-0.1, -0.05) is 19.9 Å². The zero-order valence-corrected chi connectivity index (χ0v) is 27.5. The van der Waals surface area contributed by atoms with Crippen molar-refractivity contribution in [1.82, 2.24) is 24.4 Å². The van der Waals surface area contributed by atoms with Crippen LogP contribution in [-0.4, -0.2) is 66.9 Å². The highest BCUT2D eigenvalue weighted by molar-refractivity contribution is 5.92. The van der Waals surface area contributed by atoms with Gasteiger partial charge in [0, 0.05) is 31.9 Å². The van der Waals surface area contributed by atoms with Crippen molar-refractivity contribution in [3.8, 4) is 22.7 Å². The molecule has 11 heteroatoms. The fraction of sp³-hybridized carbons (Fsp3) is 0.457. The lowest BCUT2D eigenvalue weighted by molar-refractivity contribution is 0.0218. The molecule has 242 valence electrons. The van der Waals surface area contributed by atoms with E-state index in [-0.39, 0.29) is 35.3 Å². The predicted octanol–water partition coefficient (Wildman–Crippen LogP) is 6.44. The second-order valence-corrected chi connectivity index (χ2v) is 13.7. The Bertz CT molecular complexity index is 1870. The molecule has 2 fully saturated rings. The largest absolute Gasteiger partial charge is 0.507 e. The molecule has 4 aromatic rings. The fourth-order valence-corrected chi connectivity index (χ4v) is 6.27. The summed E-state index contributed by atoms with van der Waals surface area (Å²) in [7, 11) is 0. The third kappa shape index (κ3) is 5.78. The van der Waals surface area contributed by atoms with Gasteiger partial charge in [0.1, 0.15) is 23.0 Å². The SMILES string of the molecule is Cc1ccnc(C(C)C)c1-n1c(=O)nc(N2CCN(C(=O)OC(C)(C)C)C[C@@H]2C)c2cc(C3CC3)c(-c3c(O)cccc3F)nc21. The van der Waals surface area contributed by atoms with Crippen LogP contribution >= 0.6 is 0 Å². The molecule has 1 amide bonds. The number of fused-ring (bicyclic) bond motifs is 1. The van der Waals surface area contributed by atoms with E-state index in [1.807, 2.05) is 65.5 Å². The first-order valence-electron chi connectivity index (χ1n) is 15.9. The number of aromatic nitrogens is 4. The van der Waals surface area contributed by atoms with Gasteiger partial charge in [0.15, 0.2) is 5.65 Å². The molecule has 1 atom stereocenters. The lowest BCUT2D eigenvalue weighted by atomic mass is 9.99. The summed E-state index contributed by atoms with van der Waals surface area (Å²) in [6.07, 6.45) is 3.15. The average Bonchev–Trinajstić information content (AvgIpc) is 3.81. The number of pyridine rings is 2. The van der Waals surface area contributed by atoms with Crippen molar-refractivity contribution in [2.45, 2.75) is 84.8 Å². The first-order chi connectivity index (χ1) is 21.7. The van der Waals surface area contributed by atoms with Gasteiger partial charge < -0.3 is 19.6 Å². The Morgan fingerprint density at radius 3 is 2.50 bits per heavy atom. The summed E-state index contributed by atoms with van der Waals surface area (Å²) in [5.41, 5.74) is 2.38. The zero-order chi connectivity index (χ0) is 33.1. The molecule has 1 N–H and O–H groups in total. The Balaban J connectivity index is 1.60. The standard InChI is InChI=1S/C35H41FN6O4/c1-19(2)28-30(20(3)13-14-37-28)42-32-24(17-23(22-11-12-22)29(38-32)27-25(36)9-8-10-26(27)43)31(39-33(42)44)41-16-15-40(18-21(41)4)34(45)46-35(5,6)7/h8-10,13-14,17,19,21-22,43H,11-12,15-16,18H2,1-7H3/t21-/m0/s1. The topological polar surface area (TPSA) is 114 Å². The van der Waals surface area contributed by atoms with Crippen molar-refractivity contribution in [1.29, 1.82) is 0 Å². The molecule has 0 spiro atoms. The van der Waals surface area contributed by atoms with Crippen LogP contribution in [-0.2, 0) is 4.74 Å². The maximum atomic E-state index is 15.4. The number of piperazine rings is 1. The Morgan fingerprint density at radius 2 is 1.87 bits per heavy atom. The third-order valence-corrected chi connectivity index (χ3v) is 8.60. The number of carbonyl (C=O) groups excluding carboxylic acids is 1. The van der Waals surface area contributed by atoms with Gasteiger partial charge in [0.2, 0.25) is 0 Å². The Kier molecular flexibility index (Phi) is 7.98. The lowest BCUT2D eigenvalue weighted by Crippen LogP contribution is -2.55. The van der Waals surface area contributed by atoms with Crippen LogP contribution in [0.15, 0.2) is 41.3 Å². The fourth-order valence-electron chi connectivity index (χ4n) is 6.27. The second-order valence-electron chi connectivity index (χ2n) is 13.7. The molecule has 1 aromatic carbocycles. The monoisotopic (exact) mass is 628 g/mol. The summed E-state index contributed by atoms with van der Waals surface area (Å²) in [6.45, 7) is 14.6. The molecular weight excluding hydrogens is 587 g/mol. The van der Waals surface area contributed by atoms with E-state index in [9.17, 15) is 14.7 Å². The van der Waals surface area contributed by atoms with Gasteiger partial charge in [0.25, 0.3) is 0 Å². The molecule has 0 bridgehead atoms. The van der Waals surface area contributed by atoms with Gasteiger partial charge in [0.05, 0.1) is 28.0 Å². The molecule has 46 heavy (non-hydrogen) atoms. The number of hydrogen-bond acceptors (Lipinski definition) is 8. The Morgan fingerprint density at radius 1 is 1.13 bits per heavy atom. The van der Waals surface area contributed by atoms with Gasteiger partial charge in [-0.2, -0.15) is 4.98 Å². The van der Waals surface area contributed by atoms with Gasteiger partial charge in [-0.05, 0) is 94.7 Å². The molecule has 4 heterocycles. The van der Waals surface area contributed by atoms with Crippen LogP contribution in [0.3, 0.4) is 0 Å². The van der Waals surface area contributed by atoms with Crippen molar-refractivity contribution in [2.75, 3.05) is 24.5 Å². The first-order valence-corrected chi connectivity index (χ1v) is 15.9. The van der Waals surface area contributed by atoms with Gasteiger partial charge in [-0.3, -0.25) is 4.98 Å². The molecule has 2 aliphatic rings. The van der Waals surface area contributed by atoms with Crippen molar-refractivity contribution in [2.24, 2.45) is 0 Å². The zero-order valence-electron chi connectivity index (χ0n) is 27.5. The number of ether oxygens (including phenoxy) is 1. The number of carbonyl (C=O) groups is 1. The average molecular weight is 629 g/mol. The van der Waals surface area contributed by atoms with E-state index in [0.29, 0.717) is 53.6 Å². The smallest absolute Gasteiger partial charge is 0.410 e. The van der Waals surface area contributed by atoms with Crippen LogP contribution in [0.4, 0.5) is 15.0 Å². The molecule has 1 saturated heterocycles. The second kappa shape index (κ2) is 11.7. The molecule has 1 aliphatic carbocycles. The van der Waals surface area contributed by atoms with E-state index < -0.39 is 17.1 Å². The van der Waals surface area contributed by atoms with Gasteiger partial charge in [-0.15, -0.1) is 0 Å². The molecule has 0 unspecified atom stereocenters. The van der Waals surface area contributed by atoms with E-state index in [1.165, 1.54) is 22.8 Å².